The number of nitrogens with zero attached hydrogens (tertiary/aromatic N) is 2. The number of anilines is 2. The minimum absolute atomic E-state index is 0.188. The van der Waals surface area contributed by atoms with Gasteiger partial charge < -0.3 is 10.6 Å². The Bertz CT molecular complexity index is 566. The van der Waals surface area contributed by atoms with Crippen molar-refractivity contribution in [3.8, 4) is 0 Å². The minimum Gasteiger partial charge on any atom is -0.370 e. The Hall–Kier alpha value is -2.43. The van der Waals surface area contributed by atoms with E-state index in [0.717, 1.165) is 18.1 Å². The highest BCUT2D eigenvalue weighted by molar-refractivity contribution is 6.04. The highest BCUT2D eigenvalue weighted by Crippen LogP contribution is 2.12. The third-order valence-corrected chi connectivity index (χ3v) is 2.64. The second kappa shape index (κ2) is 5.95. The summed E-state index contributed by atoms with van der Waals surface area (Å²) in [5, 5.41) is 5.90. The molecule has 0 unspecified atom stereocenters. The van der Waals surface area contributed by atoms with E-state index in [4.69, 9.17) is 0 Å². The molecule has 2 aromatic rings. The SMILES string of the molecule is CCNc1ccc(C(=O)Nc2cccnc2C)cn1. The Labute approximate surface area is 112 Å². The molecular formula is C14H16N4O. The molecule has 2 rings (SSSR count). The lowest BCUT2D eigenvalue weighted by Gasteiger charge is -2.07. The van der Waals surface area contributed by atoms with Crippen molar-refractivity contribution in [2.24, 2.45) is 0 Å². The number of carbonyl (C=O) groups excluding carboxylic acids is 1. The van der Waals surface area contributed by atoms with Gasteiger partial charge in [0.2, 0.25) is 0 Å². The van der Waals surface area contributed by atoms with Crippen LogP contribution in [0.5, 0.6) is 0 Å². The first-order valence-corrected chi connectivity index (χ1v) is 6.13. The van der Waals surface area contributed by atoms with Gasteiger partial charge in [-0.1, -0.05) is 0 Å². The van der Waals surface area contributed by atoms with Gasteiger partial charge in [-0.3, -0.25) is 9.78 Å². The number of nitrogens with one attached hydrogen (secondary N) is 2. The standard InChI is InChI=1S/C14H16N4O/c1-3-15-13-7-6-11(9-17-13)14(19)18-12-5-4-8-16-10(12)2/h4-9H,3H2,1-2H3,(H,15,17)(H,18,19). The molecule has 98 valence electrons. The maximum Gasteiger partial charge on any atom is 0.257 e. The zero-order valence-corrected chi connectivity index (χ0v) is 11.0. The molecule has 2 aromatic heterocycles. The number of pyridine rings is 2. The molecule has 0 aliphatic heterocycles. The predicted octanol–water partition coefficient (Wildman–Crippen LogP) is 2.47. The van der Waals surface area contributed by atoms with E-state index in [0.29, 0.717) is 11.3 Å². The van der Waals surface area contributed by atoms with Crippen LogP contribution in [0.1, 0.15) is 23.0 Å². The third-order valence-electron chi connectivity index (χ3n) is 2.64. The quantitative estimate of drug-likeness (QED) is 0.881. The van der Waals surface area contributed by atoms with Crippen LogP contribution >= 0.6 is 0 Å². The summed E-state index contributed by atoms with van der Waals surface area (Å²) in [6, 6.07) is 7.14. The largest absolute Gasteiger partial charge is 0.370 e. The van der Waals surface area contributed by atoms with E-state index in [1.165, 1.54) is 0 Å². The van der Waals surface area contributed by atoms with E-state index in [9.17, 15) is 4.79 Å². The molecule has 19 heavy (non-hydrogen) atoms. The molecule has 5 heteroatoms. The van der Waals surface area contributed by atoms with Crippen LogP contribution in [-0.4, -0.2) is 22.4 Å². The molecule has 1 amide bonds. The molecule has 0 fully saturated rings. The van der Waals surface area contributed by atoms with E-state index in [2.05, 4.69) is 20.6 Å². The molecule has 0 spiro atoms. The highest BCUT2D eigenvalue weighted by Gasteiger charge is 2.08. The van der Waals surface area contributed by atoms with Gasteiger partial charge >= 0.3 is 0 Å². The predicted molar refractivity (Wildman–Crippen MR) is 75.3 cm³/mol. The van der Waals surface area contributed by atoms with Crippen molar-refractivity contribution in [1.29, 1.82) is 0 Å². The molecule has 0 radical (unpaired) electrons. The number of rotatable bonds is 4. The van der Waals surface area contributed by atoms with Crippen LogP contribution in [0, 0.1) is 6.92 Å². The van der Waals surface area contributed by atoms with Crippen LogP contribution in [-0.2, 0) is 0 Å². The average Bonchev–Trinajstić information content (AvgIpc) is 2.42. The minimum atomic E-state index is -0.188. The third kappa shape index (κ3) is 3.28. The first-order valence-electron chi connectivity index (χ1n) is 6.13. The lowest BCUT2D eigenvalue weighted by Crippen LogP contribution is -2.13. The monoisotopic (exact) mass is 256 g/mol. The van der Waals surface area contributed by atoms with E-state index >= 15 is 0 Å². The van der Waals surface area contributed by atoms with Crippen LogP contribution in [0.4, 0.5) is 11.5 Å². The van der Waals surface area contributed by atoms with Gasteiger partial charge in [-0.2, -0.15) is 0 Å². The Balaban J connectivity index is 2.10. The Morgan fingerprint density at radius 3 is 2.74 bits per heavy atom. The topological polar surface area (TPSA) is 66.9 Å². The molecular weight excluding hydrogens is 240 g/mol. The Kier molecular flexibility index (Phi) is 4.07. The summed E-state index contributed by atoms with van der Waals surface area (Å²) >= 11 is 0. The fourth-order valence-corrected chi connectivity index (χ4v) is 1.62. The smallest absolute Gasteiger partial charge is 0.257 e. The molecule has 0 aliphatic carbocycles. The normalized spacial score (nSPS) is 10.0. The summed E-state index contributed by atoms with van der Waals surface area (Å²) in [6.45, 7) is 4.64. The molecule has 2 N–H and O–H groups in total. The van der Waals surface area contributed by atoms with Gasteiger partial charge in [0, 0.05) is 18.9 Å². The zero-order chi connectivity index (χ0) is 13.7. The lowest BCUT2D eigenvalue weighted by atomic mass is 10.2. The van der Waals surface area contributed by atoms with Gasteiger partial charge in [-0.05, 0) is 38.1 Å². The average molecular weight is 256 g/mol. The number of aromatic nitrogens is 2. The summed E-state index contributed by atoms with van der Waals surface area (Å²) in [6.07, 6.45) is 3.25. The van der Waals surface area contributed by atoms with Gasteiger partial charge in [0.1, 0.15) is 5.82 Å². The van der Waals surface area contributed by atoms with E-state index < -0.39 is 0 Å². The highest BCUT2D eigenvalue weighted by atomic mass is 16.1. The first kappa shape index (κ1) is 13.0. The molecule has 5 nitrogen and oxygen atoms in total. The van der Waals surface area contributed by atoms with E-state index in [1.54, 1.807) is 30.6 Å². The number of aryl methyl sites for hydroxylation is 1. The summed E-state index contributed by atoms with van der Waals surface area (Å²) in [7, 11) is 0. The molecule has 0 atom stereocenters. The summed E-state index contributed by atoms with van der Waals surface area (Å²) in [4.78, 5) is 20.3. The fraction of sp³-hybridized carbons (Fsp3) is 0.214. The van der Waals surface area contributed by atoms with Gasteiger partial charge in [0.15, 0.2) is 0 Å². The molecule has 2 heterocycles. The van der Waals surface area contributed by atoms with Crippen LogP contribution < -0.4 is 10.6 Å². The van der Waals surface area contributed by atoms with Crippen LogP contribution in [0.3, 0.4) is 0 Å². The van der Waals surface area contributed by atoms with Crippen LogP contribution in [0.15, 0.2) is 36.7 Å². The zero-order valence-electron chi connectivity index (χ0n) is 11.0. The van der Waals surface area contributed by atoms with Crippen molar-refractivity contribution in [1.82, 2.24) is 9.97 Å². The number of hydrogen-bond donors (Lipinski definition) is 2. The van der Waals surface area contributed by atoms with Gasteiger partial charge in [-0.25, -0.2) is 4.98 Å². The number of amides is 1. The first-order chi connectivity index (χ1) is 9.20. The van der Waals surface area contributed by atoms with Gasteiger partial charge in [0.25, 0.3) is 5.91 Å². The van der Waals surface area contributed by atoms with Crippen molar-refractivity contribution < 1.29 is 4.79 Å². The van der Waals surface area contributed by atoms with Crippen molar-refractivity contribution in [2.45, 2.75) is 13.8 Å². The van der Waals surface area contributed by atoms with Crippen LogP contribution in [0.25, 0.3) is 0 Å². The number of carbonyl (C=O) groups is 1. The van der Waals surface area contributed by atoms with E-state index in [1.807, 2.05) is 19.9 Å². The van der Waals surface area contributed by atoms with Crippen LogP contribution in [0.2, 0.25) is 0 Å². The maximum atomic E-state index is 12.0. The van der Waals surface area contributed by atoms with Crippen molar-refractivity contribution in [2.75, 3.05) is 17.2 Å². The molecule has 0 bridgehead atoms. The summed E-state index contributed by atoms with van der Waals surface area (Å²) < 4.78 is 0. The Morgan fingerprint density at radius 1 is 1.26 bits per heavy atom. The second-order valence-corrected chi connectivity index (χ2v) is 4.05. The van der Waals surface area contributed by atoms with Crippen molar-refractivity contribution in [3.63, 3.8) is 0 Å². The lowest BCUT2D eigenvalue weighted by molar-refractivity contribution is 0.102. The summed E-state index contributed by atoms with van der Waals surface area (Å²) in [5.74, 6) is 0.572. The van der Waals surface area contributed by atoms with Crippen molar-refractivity contribution in [3.05, 3.63) is 47.9 Å². The molecule has 0 aromatic carbocycles. The Morgan fingerprint density at radius 2 is 2.11 bits per heavy atom. The second-order valence-electron chi connectivity index (χ2n) is 4.05. The fourth-order valence-electron chi connectivity index (χ4n) is 1.62. The van der Waals surface area contributed by atoms with Gasteiger partial charge in [-0.15, -0.1) is 0 Å². The van der Waals surface area contributed by atoms with Crippen molar-refractivity contribution >= 4 is 17.4 Å². The van der Waals surface area contributed by atoms with Gasteiger partial charge in [0.05, 0.1) is 16.9 Å². The number of hydrogen-bond acceptors (Lipinski definition) is 4. The summed E-state index contributed by atoms with van der Waals surface area (Å²) in [5.41, 5.74) is 2.02. The molecule has 0 saturated carbocycles. The molecule has 0 saturated heterocycles. The van der Waals surface area contributed by atoms with E-state index in [-0.39, 0.29) is 5.91 Å². The molecule has 0 aliphatic rings. The maximum absolute atomic E-state index is 12.0.